The van der Waals surface area contributed by atoms with Crippen molar-refractivity contribution in [3.63, 3.8) is 0 Å². The lowest BCUT2D eigenvalue weighted by atomic mass is 10.2. The van der Waals surface area contributed by atoms with Gasteiger partial charge in [-0.2, -0.15) is 4.31 Å². The van der Waals surface area contributed by atoms with Gasteiger partial charge in [0.25, 0.3) is 5.91 Å². The topological polar surface area (TPSA) is 84.9 Å². The van der Waals surface area contributed by atoms with E-state index in [1.807, 2.05) is 30.3 Å². The Balaban J connectivity index is 1.55. The van der Waals surface area contributed by atoms with Crippen molar-refractivity contribution in [2.45, 2.75) is 11.4 Å². The number of hydrogen-bond donors (Lipinski definition) is 1. The van der Waals surface area contributed by atoms with Crippen LogP contribution in [0.1, 0.15) is 5.56 Å². The minimum Gasteiger partial charge on any atom is -0.497 e. The van der Waals surface area contributed by atoms with E-state index in [2.05, 4.69) is 5.32 Å². The third kappa shape index (κ3) is 6.07. The molecule has 0 aliphatic rings. The average molecular weight is 441 g/mol. The summed E-state index contributed by atoms with van der Waals surface area (Å²) in [6, 6.07) is 22.3. The summed E-state index contributed by atoms with van der Waals surface area (Å²) in [4.78, 5) is 12.2. The second kappa shape index (κ2) is 10.1. The summed E-state index contributed by atoms with van der Waals surface area (Å²) in [5.74, 6) is 0.762. The van der Waals surface area contributed by atoms with Crippen LogP contribution in [0.15, 0.2) is 83.8 Å². The number of nitrogens with zero attached hydrogens (tertiary/aromatic N) is 1. The Morgan fingerprint density at radius 1 is 0.903 bits per heavy atom. The zero-order valence-electron chi connectivity index (χ0n) is 17.3. The monoisotopic (exact) mass is 440 g/mol. The van der Waals surface area contributed by atoms with Gasteiger partial charge in [0.1, 0.15) is 11.5 Å². The van der Waals surface area contributed by atoms with Gasteiger partial charge >= 0.3 is 0 Å². The van der Waals surface area contributed by atoms with Crippen LogP contribution in [-0.4, -0.2) is 39.4 Å². The van der Waals surface area contributed by atoms with Gasteiger partial charge in [-0.1, -0.05) is 30.3 Å². The number of hydrogen-bond acceptors (Lipinski definition) is 5. The molecule has 31 heavy (non-hydrogen) atoms. The van der Waals surface area contributed by atoms with Gasteiger partial charge in [0.05, 0.1) is 12.0 Å². The van der Waals surface area contributed by atoms with E-state index in [4.69, 9.17) is 9.47 Å². The number of amides is 1. The van der Waals surface area contributed by atoms with Crippen LogP contribution >= 0.6 is 0 Å². The van der Waals surface area contributed by atoms with Crippen LogP contribution in [0, 0.1) is 0 Å². The van der Waals surface area contributed by atoms with Crippen molar-refractivity contribution in [1.29, 1.82) is 0 Å². The zero-order valence-corrected chi connectivity index (χ0v) is 18.1. The molecule has 0 saturated carbocycles. The first-order valence-electron chi connectivity index (χ1n) is 9.55. The van der Waals surface area contributed by atoms with Crippen LogP contribution in [0.3, 0.4) is 0 Å². The molecule has 0 atom stereocenters. The minimum atomic E-state index is -3.64. The molecule has 7 nitrogen and oxygen atoms in total. The van der Waals surface area contributed by atoms with Crippen molar-refractivity contribution in [1.82, 2.24) is 4.31 Å². The fourth-order valence-corrected chi connectivity index (χ4v) is 3.99. The van der Waals surface area contributed by atoms with Crippen molar-refractivity contribution in [2.75, 3.05) is 26.1 Å². The van der Waals surface area contributed by atoms with Crippen molar-refractivity contribution in [2.24, 2.45) is 0 Å². The predicted molar refractivity (Wildman–Crippen MR) is 119 cm³/mol. The molecule has 8 heteroatoms. The van der Waals surface area contributed by atoms with E-state index in [1.165, 1.54) is 35.6 Å². The first-order chi connectivity index (χ1) is 14.9. The Morgan fingerprint density at radius 2 is 1.52 bits per heavy atom. The Hall–Kier alpha value is -3.36. The molecule has 0 aliphatic carbocycles. The highest BCUT2D eigenvalue weighted by Crippen LogP contribution is 2.20. The molecule has 0 heterocycles. The number of carbonyl (C=O) groups excluding carboxylic acids is 1. The van der Waals surface area contributed by atoms with Crippen molar-refractivity contribution < 1.29 is 22.7 Å². The average Bonchev–Trinajstić information content (AvgIpc) is 2.79. The Kier molecular flexibility index (Phi) is 7.28. The van der Waals surface area contributed by atoms with Crippen LogP contribution < -0.4 is 14.8 Å². The van der Waals surface area contributed by atoms with E-state index in [-0.39, 0.29) is 24.0 Å². The Bertz CT molecular complexity index is 1100. The summed E-state index contributed by atoms with van der Waals surface area (Å²) in [5, 5.41) is 2.72. The number of sulfonamides is 1. The van der Waals surface area contributed by atoms with Crippen LogP contribution in [0.2, 0.25) is 0 Å². The molecule has 0 bridgehead atoms. The molecule has 162 valence electrons. The molecule has 0 aromatic heterocycles. The molecule has 0 aliphatic heterocycles. The fraction of sp³-hybridized carbons (Fsp3) is 0.174. The van der Waals surface area contributed by atoms with E-state index < -0.39 is 10.0 Å². The van der Waals surface area contributed by atoms with Gasteiger partial charge in [0.15, 0.2) is 6.61 Å². The Morgan fingerprint density at radius 3 is 2.13 bits per heavy atom. The van der Waals surface area contributed by atoms with Gasteiger partial charge in [-0.15, -0.1) is 0 Å². The van der Waals surface area contributed by atoms with Gasteiger partial charge in [-0.25, -0.2) is 8.42 Å². The summed E-state index contributed by atoms with van der Waals surface area (Å²) in [5.41, 5.74) is 1.52. The zero-order chi connectivity index (χ0) is 22.3. The van der Waals surface area contributed by atoms with E-state index >= 15 is 0 Å². The van der Waals surface area contributed by atoms with Gasteiger partial charge in [0.2, 0.25) is 10.0 Å². The highest BCUT2D eigenvalue weighted by atomic mass is 32.2. The molecule has 0 spiro atoms. The van der Waals surface area contributed by atoms with Crippen LogP contribution in [0.5, 0.6) is 11.5 Å². The van der Waals surface area contributed by atoms with Gasteiger partial charge in [0, 0.05) is 19.3 Å². The summed E-state index contributed by atoms with van der Waals surface area (Å²) >= 11 is 0. The Labute approximate surface area is 182 Å². The molecular weight excluding hydrogens is 416 g/mol. The third-order valence-electron chi connectivity index (χ3n) is 4.52. The molecule has 3 rings (SSSR count). The lowest BCUT2D eigenvalue weighted by Crippen LogP contribution is -2.26. The molecule has 3 aromatic rings. The molecule has 1 amide bonds. The molecule has 3 aromatic carbocycles. The highest BCUT2D eigenvalue weighted by molar-refractivity contribution is 7.89. The number of benzene rings is 3. The van der Waals surface area contributed by atoms with Crippen LogP contribution in [0.25, 0.3) is 0 Å². The first kappa shape index (κ1) is 22.3. The second-order valence-corrected chi connectivity index (χ2v) is 8.83. The molecule has 1 N–H and O–H groups in total. The number of methoxy groups -OCH3 is 1. The van der Waals surface area contributed by atoms with E-state index in [0.29, 0.717) is 17.2 Å². The smallest absolute Gasteiger partial charge is 0.262 e. The maximum atomic E-state index is 12.8. The fourth-order valence-electron chi connectivity index (χ4n) is 2.83. The number of rotatable bonds is 9. The first-order valence-corrected chi connectivity index (χ1v) is 11.0. The quantitative estimate of drug-likeness (QED) is 0.550. The maximum Gasteiger partial charge on any atom is 0.262 e. The van der Waals surface area contributed by atoms with Crippen LogP contribution in [0.4, 0.5) is 5.69 Å². The lowest BCUT2D eigenvalue weighted by Gasteiger charge is -2.17. The highest BCUT2D eigenvalue weighted by Gasteiger charge is 2.21. The van der Waals surface area contributed by atoms with Gasteiger partial charge < -0.3 is 14.8 Å². The summed E-state index contributed by atoms with van der Waals surface area (Å²) in [7, 11) is -0.537. The standard InChI is InChI=1S/C23H24N2O5S/c1-25(16-18-6-4-3-5-7-18)31(27,28)22-14-12-21(13-15-22)30-17-23(26)24-19-8-10-20(29-2)11-9-19/h3-15H,16-17H2,1-2H3,(H,24,26). The maximum absolute atomic E-state index is 12.8. The second-order valence-electron chi connectivity index (χ2n) is 6.78. The van der Waals surface area contributed by atoms with E-state index in [0.717, 1.165) is 5.56 Å². The van der Waals surface area contributed by atoms with Crippen molar-refractivity contribution in [3.8, 4) is 11.5 Å². The van der Waals surface area contributed by atoms with Gasteiger partial charge in [-0.05, 0) is 54.1 Å². The molecule has 0 saturated heterocycles. The SMILES string of the molecule is COc1ccc(NC(=O)COc2ccc(S(=O)(=O)N(C)Cc3ccccc3)cc2)cc1. The summed E-state index contributed by atoms with van der Waals surface area (Å²) < 4.78 is 37.4. The largest absolute Gasteiger partial charge is 0.497 e. The van der Waals surface area contributed by atoms with E-state index in [1.54, 1.807) is 31.4 Å². The number of ether oxygens (including phenoxy) is 2. The molecule has 0 fully saturated rings. The van der Waals surface area contributed by atoms with Crippen molar-refractivity contribution >= 4 is 21.6 Å². The number of carbonyl (C=O) groups is 1. The normalized spacial score (nSPS) is 11.2. The summed E-state index contributed by atoms with van der Waals surface area (Å²) in [6.45, 7) is 0.0684. The molecule has 0 unspecified atom stereocenters. The minimum absolute atomic E-state index is 0.154. The lowest BCUT2D eigenvalue weighted by molar-refractivity contribution is -0.118. The molecular formula is C23H24N2O5S. The molecule has 0 radical (unpaired) electrons. The number of nitrogens with one attached hydrogen (secondary N) is 1. The van der Waals surface area contributed by atoms with Crippen LogP contribution in [-0.2, 0) is 21.4 Å². The van der Waals surface area contributed by atoms with Crippen molar-refractivity contribution in [3.05, 3.63) is 84.4 Å². The third-order valence-corrected chi connectivity index (χ3v) is 6.34. The summed E-state index contributed by atoms with van der Waals surface area (Å²) in [6.07, 6.45) is 0. The number of anilines is 1. The van der Waals surface area contributed by atoms with Gasteiger partial charge in [-0.3, -0.25) is 4.79 Å². The predicted octanol–water partition coefficient (Wildman–Crippen LogP) is 3.53. The van der Waals surface area contributed by atoms with E-state index in [9.17, 15) is 13.2 Å².